The molecule has 0 unspecified atom stereocenters. The summed E-state index contributed by atoms with van der Waals surface area (Å²) < 4.78 is 14.0. The zero-order chi connectivity index (χ0) is 18.0. The highest BCUT2D eigenvalue weighted by Gasteiger charge is 2.63. The van der Waals surface area contributed by atoms with Gasteiger partial charge in [0, 0.05) is 12.3 Å². The molecule has 0 aliphatic carbocycles. The smallest absolute Gasteiger partial charge is 0.338 e. The molecule has 10 heteroatoms. The summed E-state index contributed by atoms with van der Waals surface area (Å²) in [5.74, 6) is -4.31. The van der Waals surface area contributed by atoms with E-state index < -0.39 is 48.0 Å². The van der Waals surface area contributed by atoms with Gasteiger partial charge in [0.05, 0.1) is 27.4 Å². The number of fused-ring (bicyclic) bond motifs is 1. The van der Waals surface area contributed by atoms with Crippen LogP contribution in [-0.4, -0.2) is 68.5 Å². The van der Waals surface area contributed by atoms with Crippen LogP contribution in [0, 0.1) is 11.8 Å². The molecule has 0 aromatic heterocycles. The van der Waals surface area contributed by atoms with Gasteiger partial charge in [-0.2, -0.15) is 0 Å². The summed E-state index contributed by atoms with van der Waals surface area (Å²) >= 11 is 0. The van der Waals surface area contributed by atoms with Gasteiger partial charge in [-0.25, -0.2) is 9.59 Å². The van der Waals surface area contributed by atoms with Gasteiger partial charge in [-0.3, -0.25) is 14.5 Å². The maximum atomic E-state index is 12.2. The number of methoxy groups -OCH3 is 3. The molecule has 134 valence electrons. The molecule has 24 heavy (non-hydrogen) atoms. The van der Waals surface area contributed by atoms with Crippen LogP contribution in [0.3, 0.4) is 0 Å². The zero-order valence-electron chi connectivity index (χ0n) is 13.7. The predicted molar refractivity (Wildman–Crippen MR) is 73.7 cm³/mol. The van der Waals surface area contributed by atoms with Gasteiger partial charge in [0.1, 0.15) is 11.7 Å². The van der Waals surface area contributed by atoms with Crippen molar-refractivity contribution in [1.82, 2.24) is 5.23 Å². The maximum absolute atomic E-state index is 12.2. The number of carbonyl (C=O) groups is 4. The second-order valence-electron chi connectivity index (χ2n) is 5.49. The summed E-state index contributed by atoms with van der Waals surface area (Å²) in [6, 6.07) is -0.866. The van der Waals surface area contributed by atoms with Crippen LogP contribution in [0.4, 0.5) is 0 Å². The van der Waals surface area contributed by atoms with Crippen molar-refractivity contribution >= 4 is 23.7 Å². The maximum Gasteiger partial charge on any atom is 0.338 e. The molecule has 2 saturated heterocycles. The van der Waals surface area contributed by atoms with E-state index in [1.807, 2.05) is 0 Å². The molecule has 0 radical (unpaired) electrons. The molecule has 2 heterocycles. The molecule has 10 nitrogen and oxygen atoms in total. The van der Waals surface area contributed by atoms with E-state index in [0.29, 0.717) is 0 Å². The number of hydroxylamine groups is 2. The van der Waals surface area contributed by atoms with Crippen LogP contribution in [-0.2, 0) is 43.1 Å². The third-order valence-electron chi connectivity index (χ3n) is 4.06. The van der Waals surface area contributed by atoms with Gasteiger partial charge in [-0.1, -0.05) is 5.23 Å². The predicted octanol–water partition coefficient (Wildman–Crippen LogP) is -0.985. The van der Waals surface area contributed by atoms with Crippen LogP contribution in [0.15, 0.2) is 0 Å². The lowest BCUT2D eigenvalue weighted by atomic mass is 9.81. The molecule has 2 aliphatic rings. The molecule has 2 aliphatic heterocycles. The van der Waals surface area contributed by atoms with Crippen LogP contribution < -0.4 is 0 Å². The lowest BCUT2D eigenvalue weighted by Gasteiger charge is -2.22. The van der Waals surface area contributed by atoms with Crippen LogP contribution in [0.5, 0.6) is 0 Å². The molecule has 0 saturated carbocycles. The Kier molecular flexibility index (Phi) is 5.52. The number of hydrogen-bond donors (Lipinski definition) is 0. The van der Waals surface area contributed by atoms with Crippen molar-refractivity contribution in [2.45, 2.75) is 31.6 Å². The number of esters is 3. The van der Waals surface area contributed by atoms with Crippen LogP contribution in [0.1, 0.15) is 13.3 Å². The summed E-state index contributed by atoms with van der Waals surface area (Å²) in [4.78, 5) is 58.2. The Labute approximate surface area is 137 Å². The van der Waals surface area contributed by atoms with Crippen LogP contribution >= 0.6 is 0 Å². The summed E-state index contributed by atoms with van der Waals surface area (Å²) in [6.07, 6.45) is -2.48. The Morgan fingerprint density at radius 3 is 1.88 bits per heavy atom. The summed E-state index contributed by atoms with van der Waals surface area (Å²) in [5.41, 5.74) is 0. The van der Waals surface area contributed by atoms with Gasteiger partial charge < -0.3 is 19.0 Å². The summed E-state index contributed by atoms with van der Waals surface area (Å²) in [6.45, 7) is 1.34. The minimum Gasteiger partial charge on any atom is -0.469 e. The molecule has 0 amide bonds. The van der Waals surface area contributed by atoms with Gasteiger partial charge in [0.25, 0.3) is 0 Å². The minimum absolute atomic E-state index is 0.0638. The van der Waals surface area contributed by atoms with E-state index in [9.17, 15) is 19.2 Å². The van der Waals surface area contributed by atoms with E-state index in [-0.39, 0.29) is 12.2 Å². The van der Waals surface area contributed by atoms with Crippen LogP contribution in [0.25, 0.3) is 0 Å². The van der Waals surface area contributed by atoms with Crippen molar-refractivity contribution in [1.29, 1.82) is 0 Å². The molecule has 0 aromatic carbocycles. The fourth-order valence-electron chi connectivity index (χ4n) is 3.04. The molecule has 0 bridgehead atoms. The topological polar surface area (TPSA) is 118 Å². The number of nitrogens with zero attached hydrogens (tertiary/aromatic N) is 1. The van der Waals surface area contributed by atoms with E-state index in [1.165, 1.54) is 14.0 Å². The first-order chi connectivity index (χ1) is 11.3. The average Bonchev–Trinajstić information content (AvgIpc) is 3.09. The number of rotatable bonds is 5. The van der Waals surface area contributed by atoms with E-state index >= 15 is 0 Å². The standard InChI is InChI=1S/C14H19NO9/c1-6(16)5-7-9-8(12(17)20-2)11(14(19)22-4)24-15(9)23-10(7)13(18)21-3/h7-11H,5H2,1-4H3/t7-,8-,9+,10-,11+/m0/s1. The molecule has 0 aromatic rings. The van der Waals surface area contributed by atoms with E-state index in [1.54, 1.807) is 0 Å². The van der Waals surface area contributed by atoms with Gasteiger partial charge in [0.2, 0.25) is 0 Å². The summed E-state index contributed by atoms with van der Waals surface area (Å²) in [7, 11) is 3.48. The zero-order valence-corrected chi connectivity index (χ0v) is 13.7. The lowest BCUT2D eigenvalue weighted by Crippen LogP contribution is -2.44. The highest BCUT2D eigenvalue weighted by Crippen LogP contribution is 2.43. The van der Waals surface area contributed by atoms with E-state index in [4.69, 9.17) is 14.4 Å². The average molecular weight is 345 g/mol. The molecule has 2 rings (SSSR count). The van der Waals surface area contributed by atoms with Crippen molar-refractivity contribution in [3.8, 4) is 0 Å². The van der Waals surface area contributed by atoms with Crippen molar-refractivity contribution < 1.29 is 43.1 Å². The molecule has 5 atom stereocenters. The Morgan fingerprint density at radius 1 is 0.875 bits per heavy atom. The Bertz CT molecular complexity index is 548. The highest BCUT2D eigenvalue weighted by atomic mass is 17.0. The third-order valence-corrected chi connectivity index (χ3v) is 4.06. The SMILES string of the molecule is COC(=O)[C@H]1[C@H]2[C@H](CC(C)=O)[C@@H](C(=O)OC)ON2O[C@H]1C(=O)OC. The fraction of sp³-hybridized carbons (Fsp3) is 0.714. The Balaban J connectivity index is 2.38. The minimum atomic E-state index is -1.29. The molecule has 0 N–H and O–H groups in total. The third kappa shape index (κ3) is 3.12. The normalized spacial score (nSPS) is 32.1. The largest absolute Gasteiger partial charge is 0.469 e. The van der Waals surface area contributed by atoms with Gasteiger partial charge >= 0.3 is 17.9 Å². The number of hydrogen-bond acceptors (Lipinski definition) is 10. The van der Waals surface area contributed by atoms with Gasteiger partial charge in [-0.05, 0) is 6.92 Å². The lowest BCUT2D eigenvalue weighted by molar-refractivity contribution is -0.350. The second-order valence-corrected chi connectivity index (χ2v) is 5.49. The summed E-state index contributed by atoms with van der Waals surface area (Å²) in [5, 5.41) is 0.901. The second kappa shape index (κ2) is 7.24. The van der Waals surface area contributed by atoms with E-state index in [2.05, 4.69) is 9.47 Å². The van der Waals surface area contributed by atoms with Crippen LogP contribution in [0.2, 0.25) is 0 Å². The van der Waals surface area contributed by atoms with Crippen molar-refractivity contribution in [2.24, 2.45) is 11.8 Å². The quantitative estimate of drug-likeness (QED) is 0.454. The van der Waals surface area contributed by atoms with E-state index in [0.717, 1.165) is 19.4 Å². The first-order valence-electron chi connectivity index (χ1n) is 7.21. The van der Waals surface area contributed by atoms with Crippen molar-refractivity contribution in [2.75, 3.05) is 21.3 Å². The highest BCUT2D eigenvalue weighted by molar-refractivity contribution is 5.86. The number of carbonyl (C=O) groups excluding carboxylic acids is 4. The first kappa shape index (κ1) is 18.3. The number of ether oxygens (including phenoxy) is 3. The molecule has 0 spiro atoms. The molecule has 2 fully saturated rings. The van der Waals surface area contributed by atoms with Crippen molar-refractivity contribution in [3.63, 3.8) is 0 Å². The monoisotopic (exact) mass is 345 g/mol. The van der Waals surface area contributed by atoms with Crippen molar-refractivity contribution in [3.05, 3.63) is 0 Å². The molecular formula is C14H19NO9. The first-order valence-corrected chi connectivity index (χ1v) is 7.21. The Morgan fingerprint density at radius 2 is 1.38 bits per heavy atom. The number of ketones is 1. The fourth-order valence-corrected chi connectivity index (χ4v) is 3.04. The molecular weight excluding hydrogens is 326 g/mol. The van der Waals surface area contributed by atoms with Gasteiger partial charge in [0.15, 0.2) is 12.2 Å². The Hall–Kier alpha value is -2.04. The number of Topliss-reactive ketones (excluding diaryl/α,β-unsaturated/α-hetero) is 1. The van der Waals surface area contributed by atoms with Gasteiger partial charge in [-0.15, -0.1) is 0 Å².